The highest BCUT2D eigenvalue weighted by Crippen LogP contribution is 2.13. The molecule has 0 aromatic heterocycles. The van der Waals surface area contributed by atoms with Crippen molar-refractivity contribution in [3.05, 3.63) is 0 Å². The summed E-state index contributed by atoms with van der Waals surface area (Å²) in [6.07, 6.45) is 3.77. The topological polar surface area (TPSA) is 24.4 Å². The Morgan fingerprint density at radius 3 is 3.00 bits per heavy atom. The minimum atomic E-state index is 0.611. The summed E-state index contributed by atoms with van der Waals surface area (Å²) in [6, 6.07) is 0.611. The third-order valence-corrected chi connectivity index (χ3v) is 3.31. The lowest BCUT2D eigenvalue weighted by Crippen LogP contribution is -2.35. The molecule has 14 heavy (non-hydrogen) atoms. The molecular weight excluding hydrogens is 192 g/mol. The minimum absolute atomic E-state index is 0.611. The predicted molar refractivity (Wildman–Crippen MR) is 66.0 cm³/mol. The molecule has 1 atom stereocenters. The van der Waals surface area contributed by atoms with Crippen molar-refractivity contribution in [2.45, 2.75) is 46.1 Å². The van der Waals surface area contributed by atoms with Gasteiger partial charge in [-0.15, -0.1) is 0 Å². The van der Waals surface area contributed by atoms with E-state index in [1.165, 1.54) is 25.0 Å². The SMILES string of the molecule is CC(C)CCCN=C1NC(C)CCS1. The molecule has 0 saturated carbocycles. The van der Waals surface area contributed by atoms with E-state index in [2.05, 4.69) is 31.1 Å². The molecule has 0 aromatic rings. The number of nitrogens with zero attached hydrogens (tertiary/aromatic N) is 1. The highest BCUT2D eigenvalue weighted by atomic mass is 32.2. The standard InChI is InChI=1S/C11H22N2S/c1-9(2)5-4-7-12-11-13-10(3)6-8-14-11/h9-10H,4-8H2,1-3H3,(H,12,13). The molecule has 0 amide bonds. The average Bonchev–Trinajstić information content (AvgIpc) is 2.12. The Kier molecular flexibility index (Phi) is 5.38. The van der Waals surface area contributed by atoms with E-state index in [9.17, 15) is 0 Å². The van der Waals surface area contributed by atoms with Crippen molar-refractivity contribution >= 4 is 16.9 Å². The van der Waals surface area contributed by atoms with E-state index in [0.717, 1.165) is 17.6 Å². The summed E-state index contributed by atoms with van der Waals surface area (Å²) in [5, 5.41) is 4.58. The van der Waals surface area contributed by atoms with E-state index in [1.807, 2.05) is 11.8 Å². The van der Waals surface area contributed by atoms with Crippen molar-refractivity contribution in [1.29, 1.82) is 0 Å². The molecule has 1 saturated heterocycles. The van der Waals surface area contributed by atoms with Gasteiger partial charge in [-0.25, -0.2) is 0 Å². The third kappa shape index (κ3) is 4.89. The second-order valence-electron chi connectivity index (χ2n) is 4.41. The number of aliphatic imine (C=N–C) groups is 1. The number of hydrogen-bond donors (Lipinski definition) is 1. The van der Waals surface area contributed by atoms with Gasteiger partial charge in [-0.1, -0.05) is 25.6 Å². The van der Waals surface area contributed by atoms with E-state index < -0.39 is 0 Å². The van der Waals surface area contributed by atoms with Crippen LogP contribution in [0.4, 0.5) is 0 Å². The Morgan fingerprint density at radius 2 is 2.36 bits per heavy atom. The van der Waals surface area contributed by atoms with Crippen LogP contribution in [0, 0.1) is 5.92 Å². The van der Waals surface area contributed by atoms with Crippen LogP contribution in [0.25, 0.3) is 0 Å². The summed E-state index contributed by atoms with van der Waals surface area (Å²) in [5.74, 6) is 2.03. The fourth-order valence-electron chi connectivity index (χ4n) is 1.43. The van der Waals surface area contributed by atoms with Crippen LogP contribution in [0.1, 0.15) is 40.0 Å². The molecule has 1 rings (SSSR count). The van der Waals surface area contributed by atoms with Crippen LogP contribution in [0.5, 0.6) is 0 Å². The first-order chi connectivity index (χ1) is 6.68. The first kappa shape index (κ1) is 11.9. The van der Waals surface area contributed by atoms with Gasteiger partial charge in [0.05, 0.1) is 0 Å². The first-order valence-corrected chi connectivity index (χ1v) is 6.61. The lowest BCUT2D eigenvalue weighted by atomic mass is 10.1. The van der Waals surface area contributed by atoms with E-state index in [4.69, 9.17) is 0 Å². The summed E-state index contributed by atoms with van der Waals surface area (Å²) >= 11 is 1.86. The number of nitrogens with one attached hydrogen (secondary N) is 1. The quantitative estimate of drug-likeness (QED) is 0.728. The van der Waals surface area contributed by atoms with Crippen molar-refractivity contribution in [2.24, 2.45) is 10.9 Å². The van der Waals surface area contributed by atoms with Crippen LogP contribution in [0.3, 0.4) is 0 Å². The number of hydrogen-bond acceptors (Lipinski definition) is 2. The molecule has 1 aliphatic rings. The molecule has 82 valence electrons. The molecule has 0 radical (unpaired) electrons. The summed E-state index contributed by atoms with van der Waals surface area (Å²) in [7, 11) is 0. The zero-order chi connectivity index (χ0) is 10.4. The Labute approximate surface area is 92.0 Å². The maximum Gasteiger partial charge on any atom is 0.156 e. The van der Waals surface area contributed by atoms with Gasteiger partial charge in [-0.3, -0.25) is 4.99 Å². The van der Waals surface area contributed by atoms with E-state index in [-0.39, 0.29) is 0 Å². The van der Waals surface area contributed by atoms with Crippen molar-refractivity contribution < 1.29 is 0 Å². The molecule has 0 aliphatic carbocycles. The van der Waals surface area contributed by atoms with E-state index in [0.29, 0.717) is 6.04 Å². The summed E-state index contributed by atoms with van der Waals surface area (Å²) in [6.45, 7) is 7.75. The zero-order valence-electron chi connectivity index (χ0n) is 9.55. The Morgan fingerprint density at radius 1 is 1.57 bits per heavy atom. The van der Waals surface area contributed by atoms with Gasteiger partial charge in [0.25, 0.3) is 0 Å². The number of amidine groups is 1. The van der Waals surface area contributed by atoms with Crippen LogP contribution in [-0.2, 0) is 0 Å². The Bertz CT molecular complexity index is 190. The fourth-order valence-corrected chi connectivity index (χ4v) is 2.56. The minimum Gasteiger partial charge on any atom is -0.362 e. The van der Waals surface area contributed by atoms with Gasteiger partial charge in [0.1, 0.15) is 0 Å². The molecule has 1 unspecified atom stereocenters. The van der Waals surface area contributed by atoms with Crippen molar-refractivity contribution in [1.82, 2.24) is 5.32 Å². The highest BCUT2D eigenvalue weighted by Gasteiger charge is 2.12. The molecule has 2 nitrogen and oxygen atoms in total. The van der Waals surface area contributed by atoms with E-state index >= 15 is 0 Å². The van der Waals surface area contributed by atoms with Crippen LogP contribution in [0.15, 0.2) is 4.99 Å². The monoisotopic (exact) mass is 214 g/mol. The number of thioether (sulfide) groups is 1. The third-order valence-electron chi connectivity index (χ3n) is 2.35. The predicted octanol–water partition coefficient (Wildman–Crippen LogP) is 2.89. The maximum atomic E-state index is 4.57. The zero-order valence-corrected chi connectivity index (χ0v) is 10.4. The lowest BCUT2D eigenvalue weighted by molar-refractivity contribution is 0.560. The molecule has 1 heterocycles. The Hall–Kier alpha value is -0.180. The van der Waals surface area contributed by atoms with Gasteiger partial charge < -0.3 is 5.32 Å². The van der Waals surface area contributed by atoms with Gasteiger partial charge in [-0.2, -0.15) is 0 Å². The van der Waals surface area contributed by atoms with Crippen LogP contribution in [-0.4, -0.2) is 23.5 Å². The average molecular weight is 214 g/mol. The largest absolute Gasteiger partial charge is 0.362 e. The highest BCUT2D eigenvalue weighted by molar-refractivity contribution is 8.13. The van der Waals surface area contributed by atoms with Crippen molar-refractivity contribution in [3.63, 3.8) is 0 Å². The van der Waals surface area contributed by atoms with Crippen LogP contribution < -0.4 is 5.32 Å². The molecule has 1 N–H and O–H groups in total. The molecule has 0 bridgehead atoms. The molecular formula is C11H22N2S. The van der Waals surface area contributed by atoms with Gasteiger partial charge >= 0.3 is 0 Å². The van der Waals surface area contributed by atoms with Gasteiger partial charge in [0.2, 0.25) is 0 Å². The smallest absolute Gasteiger partial charge is 0.156 e. The second-order valence-corrected chi connectivity index (χ2v) is 5.49. The van der Waals surface area contributed by atoms with Gasteiger partial charge in [0.15, 0.2) is 5.17 Å². The van der Waals surface area contributed by atoms with Gasteiger partial charge in [0, 0.05) is 18.3 Å². The maximum absolute atomic E-state index is 4.57. The summed E-state index contributed by atoms with van der Waals surface area (Å²) < 4.78 is 0. The van der Waals surface area contributed by atoms with E-state index in [1.54, 1.807) is 0 Å². The molecule has 0 spiro atoms. The number of rotatable bonds is 4. The van der Waals surface area contributed by atoms with Crippen LogP contribution in [0.2, 0.25) is 0 Å². The fraction of sp³-hybridized carbons (Fsp3) is 0.909. The summed E-state index contributed by atoms with van der Waals surface area (Å²) in [4.78, 5) is 4.57. The molecule has 0 aromatic carbocycles. The van der Waals surface area contributed by atoms with Gasteiger partial charge in [-0.05, 0) is 32.1 Å². The second kappa shape index (κ2) is 6.33. The van der Waals surface area contributed by atoms with Crippen molar-refractivity contribution in [2.75, 3.05) is 12.3 Å². The normalized spacial score (nSPS) is 25.4. The summed E-state index contributed by atoms with van der Waals surface area (Å²) in [5.41, 5.74) is 0. The molecule has 1 fully saturated rings. The van der Waals surface area contributed by atoms with Crippen LogP contribution >= 0.6 is 11.8 Å². The molecule has 3 heteroatoms. The van der Waals surface area contributed by atoms with Crippen molar-refractivity contribution in [3.8, 4) is 0 Å². The lowest BCUT2D eigenvalue weighted by Gasteiger charge is -2.21. The Balaban J connectivity index is 2.16. The first-order valence-electron chi connectivity index (χ1n) is 5.62. The molecule has 1 aliphatic heterocycles.